The van der Waals surface area contributed by atoms with E-state index in [4.69, 9.17) is 14.6 Å². The molecule has 0 aromatic rings. The van der Waals surface area contributed by atoms with Crippen molar-refractivity contribution >= 4 is 11.8 Å². The Morgan fingerprint density at radius 2 is 1.77 bits per heavy atom. The zero-order valence-corrected chi connectivity index (χ0v) is 7.99. The van der Waals surface area contributed by atoms with Crippen molar-refractivity contribution in [2.24, 2.45) is 0 Å². The molecule has 0 aromatic heterocycles. The SMILES string of the molecule is COC(C)(CC(=O)CC(=O)O)OC. The van der Waals surface area contributed by atoms with Gasteiger partial charge in [0.2, 0.25) is 0 Å². The number of carboxylic acid groups (broad SMARTS) is 1. The summed E-state index contributed by atoms with van der Waals surface area (Å²) in [4.78, 5) is 21.2. The molecule has 0 radical (unpaired) electrons. The van der Waals surface area contributed by atoms with E-state index in [1.807, 2.05) is 0 Å². The van der Waals surface area contributed by atoms with Gasteiger partial charge in [0.15, 0.2) is 5.79 Å². The van der Waals surface area contributed by atoms with E-state index in [0.717, 1.165) is 0 Å². The van der Waals surface area contributed by atoms with Crippen LogP contribution in [0.1, 0.15) is 19.8 Å². The van der Waals surface area contributed by atoms with Crippen LogP contribution < -0.4 is 0 Å². The van der Waals surface area contributed by atoms with E-state index in [-0.39, 0.29) is 6.42 Å². The molecule has 0 aliphatic heterocycles. The molecular weight excluding hydrogens is 176 g/mol. The fourth-order valence-corrected chi connectivity index (χ4v) is 0.817. The minimum Gasteiger partial charge on any atom is -0.481 e. The monoisotopic (exact) mass is 190 g/mol. The number of carbonyl (C=O) groups is 2. The fourth-order valence-electron chi connectivity index (χ4n) is 0.817. The molecule has 0 bridgehead atoms. The minimum absolute atomic E-state index is 0.0632. The van der Waals surface area contributed by atoms with Crippen molar-refractivity contribution in [3.63, 3.8) is 0 Å². The van der Waals surface area contributed by atoms with Gasteiger partial charge in [-0.2, -0.15) is 0 Å². The van der Waals surface area contributed by atoms with Crippen LogP contribution in [0.5, 0.6) is 0 Å². The Hall–Kier alpha value is -0.940. The van der Waals surface area contributed by atoms with Gasteiger partial charge in [0.1, 0.15) is 12.2 Å². The molecule has 0 unspecified atom stereocenters. The molecular formula is C8H14O5. The zero-order chi connectivity index (χ0) is 10.5. The van der Waals surface area contributed by atoms with Crippen LogP contribution in [0, 0.1) is 0 Å². The van der Waals surface area contributed by atoms with E-state index in [2.05, 4.69) is 0 Å². The first-order valence-corrected chi connectivity index (χ1v) is 3.77. The van der Waals surface area contributed by atoms with Crippen molar-refractivity contribution in [2.75, 3.05) is 14.2 Å². The number of carboxylic acids is 1. The van der Waals surface area contributed by atoms with Gasteiger partial charge in [-0.05, 0) is 6.92 Å². The smallest absolute Gasteiger partial charge is 0.310 e. The van der Waals surface area contributed by atoms with E-state index < -0.39 is 24.0 Å². The van der Waals surface area contributed by atoms with Crippen molar-refractivity contribution in [3.8, 4) is 0 Å². The van der Waals surface area contributed by atoms with Crippen LogP contribution >= 0.6 is 0 Å². The Balaban J connectivity index is 4.09. The first-order valence-electron chi connectivity index (χ1n) is 3.77. The molecule has 5 heteroatoms. The second kappa shape index (κ2) is 4.94. The van der Waals surface area contributed by atoms with Gasteiger partial charge in [0, 0.05) is 14.2 Å². The number of methoxy groups -OCH3 is 2. The predicted octanol–water partition coefficient (Wildman–Crippen LogP) is 0.429. The predicted molar refractivity (Wildman–Crippen MR) is 44.3 cm³/mol. The van der Waals surface area contributed by atoms with Gasteiger partial charge in [-0.3, -0.25) is 9.59 Å². The standard InChI is InChI=1S/C8H14O5/c1-8(12-2,13-3)5-6(9)4-7(10)11/h4-5H2,1-3H3,(H,10,11). The van der Waals surface area contributed by atoms with Gasteiger partial charge in [0.05, 0.1) is 6.42 Å². The van der Waals surface area contributed by atoms with Crippen molar-refractivity contribution < 1.29 is 24.2 Å². The van der Waals surface area contributed by atoms with Gasteiger partial charge in [-0.15, -0.1) is 0 Å². The summed E-state index contributed by atoms with van der Waals surface area (Å²) < 4.78 is 9.81. The van der Waals surface area contributed by atoms with E-state index in [1.54, 1.807) is 6.92 Å². The highest BCUT2D eigenvalue weighted by atomic mass is 16.7. The Kier molecular flexibility index (Phi) is 4.58. The van der Waals surface area contributed by atoms with E-state index in [9.17, 15) is 9.59 Å². The molecule has 0 saturated carbocycles. The minimum atomic E-state index is -1.14. The second-order valence-corrected chi connectivity index (χ2v) is 2.83. The number of ether oxygens (including phenoxy) is 2. The third-order valence-electron chi connectivity index (χ3n) is 1.73. The number of hydrogen-bond acceptors (Lipinski definition) is 4. The summed E-state index contributed by atoms with van der Waals surface area (Å²) >= 11 is 0. The molecule has 0 aliphatic rings. The highest BCUT2D eigenvalue weighted by Crippen LogP contribution is 2.16. The highest BCUT2D eigenvalue weighted by Gasteiger charge is 2.27. The molecule has 0 aromatic carbocycles. The van der Waals surface area contributed by atoms with Crippen LogP contribution in [-0.2, 0) is 19.1 Å². The summed E-state index contributed by atoms with van der Waals surface area (Å²) in [6.07, 6.45) is -0.561. The molecule has 0 aliphatic carbocycles. The van der Waals surface area contributed by atoms with Crippen molar-refractivity contribution in [3.05, 3.63) is 0 Å². The van der Waals surface area contributed by atoms with Crippen LogP contribution in [0.3, 0.4) is 0 Å². The summed E-state index contributed by atoms with van der Waals surface area (Å²) in [6.45, 7) is 1.58. The van der Waals surface area contributed by atoms with E-state index >= 15 is 0 Å². The number of hydrogen-bond donors (Lipinski definition) is 1. The Bertz CT molecular complexity index is 195. The average Bonchev–Trinajstić information content (AvgIpc) is 2.02. The normalized spacial score (nSPS) is 11.3. The van der Waals surface area contributed by atoms with Gasteiger partial charge in [-0.25, -0.2) is 0 Å². The van der Waals surface area contributed by atoms with Crippen molar-refractivity contribution in [2.45, 2.75) is 25.6 Å². The lowest BCUT2D eigenvalue weighted by atomic mass is 10.1. The van der Waals surface area contributed by atoms with Crippen LogP contribution in [-0.4, -0.2) is 36.9 Å². The maximum atomic E-state index is 11.0. The first kappa shape index (κ1) is 12.1. The Labute approximate surface area is 76.6 Å². The second-order valence-electron chi connectivity index (χ2n) is 2.83. The van der Waals surface area contributed by atoms with E-state index in [0.29, 0.717) is 0 Å². The van der Waals surface area contributed by atoms with Crippen LogP contribution in [0.15, 0.2) is 0 Å². The summed E-state index contributed by atoms with van der Waals surface area (Å²) in [5.41, 5.74) is 0. The first-order chi connectivity index (χ1) is 5.93. The molecule has 0 heterocycles. The lowest BCUT2D eigenvalue weighted by Gasteiger charge is -2.25. The fraction of sp³-hybridized carbons (Fsp3) is 0.750. The quantitative estimate of drug-likeness (QED) is 0.485. The maximum Gasteiger partial charge on any atom is 0.310 e. The molecule has 0 spiro atoms. The largest absolute Gasteiger partial charge is 0.481 e. The highest BCUT2D eigenvalue weighted by molar-refractivity contribution is 5.95. The number of Topliss-reactive ketones (excluding diaryl/α,β-unsaturated/α-hetero) is 1. The molecule has 0 atom stereocenters. The van der Waals surface area contributed by atoms with Crippen molar-refractivity contribution in [1.82, 2.24) is 0 Å². The van der Waals surface area contributed by atoms with Crippen LogP contribution in [0.25, 0.3) is 0 Å². The lowest BCUT2D eigenvalue weighted by molar-refractivity contribution is -0.197. The topological polar surface area (TPSA) is 72.8 Å². The molecule has 0 saturated heterocycles. The lowest BCUT2D eigenvalue weighted by Crippen LogP contribution is -2.33. The van der Waals surface area contributed by atoms with Crippen LogP contribution in [0.4, 0.5) is 0 Å². The molecule has 0 amide bonds. The Morgan fingerprint density at radius 3 is 2.08 bits per heavy atom. The summed E-state index contributed by atoms with van der Waals surface area (Å²) in [6, 6.07) is 0. The van der Waals surface area contributed by atoms with Gasteiger partial charge in [0.25, 0.3) is 0 Å². The summed E-state index contributed by atoms with van der Waals surface area (Å²) in [5, 5.41) is 8.32. The number of aliphatic carboxylic acids is 1. The molecule has 76 valence electrons. The Morgan fingerprint density at radius 1 is 1.31 bits per heavy atom. The third kappa shape index (κ3) is 4.59. The van der Waals surface area contributed by atoms with Gasteiger partial charge < -0.3 is 14.6 Å². The van der Waals surface area contributed by atoms with Gasteiger partial charge >= 0.3 is 5.97 Å². The number of rotatable bonds is 6. The molecule has 0 fully saturated rings. The molecule has 0 rings (SSSR count). The maximum absolute atomic E-state index is 11.0. The molecule has 13 heavy (non-hydrogen) atoms. The molecule has 5 nitrogen and oxygen atoms in total. The summed E-state index contributed by atoms with van der Waals surface area (Å²) in [5.74, 6) is -2.58. The average molecular weight is 190 g/mol. The third-order valence-corrected chi connectivity index (χ3v) is 1.73. The van der Waals surface area contributed by atoms with Crippen molar-refractivity contribution in [1.29, 1.82) is 0 Å². The van der Waals surface area contributed by atoms with Gasteiger partial charge in [-0.1, -0.05) is 0 Å². The van der Waals surface area contributed by atoms with Crippen LogP contribution in [0.2, 0.25) is 0 Å². The number of ketones is 1. The molecule has 1 N–H and O–H groups in total. The number of carbonyl (C=O) groups excluding carboxylic acids is 1. The zero-order valence-electron chi connectivity index (χ0n) is 7.99. The summed E-state index contributed by atoms with van der Waals surface area (Å²) in [7, 11) is 2.80. The van der Waals surface area contributed by atoms with E-state index in [1.165, 1.54) is 14.2 Å².